The van der Waals surface area contributed by atoms with E-state index in [1.54, 1.807) is 19.4 Å². The van der Waals surface area contributed by atoms with E-state index in [1.165, 1.54) is 0 Å². The molecule has 0 atom stereocenters. The molecule has 3 rings (SSSR count). The zero-order valence-electron chi connectivity index (χ0n) is 16.6. The minimum Gasteiger partial charge on any atom is -0.495 e. The number of nitrogens with zero attached hydrogens (tertiary/aromatic N) is 2. The predicted molar refractivity (Wildman–Crippen MR) is 117 cm³/mol. The van der Waals surface area contributed by atoms with E-state index < -0.39 is 0 Å². The minimum atomic E-state index is -0.226. The Morgan fingerprint density at radius 1 is 1.17 bits per heavy atom. The molecule has 0 aliphatic heterocycles. The number of hydrogen-bond donors (Lipinski definition) is 2. The molecule has 0 aliphatic carbocycles. The van der Waals surface area contributed by atoms with E-state index >= 15 is 0 Å². The number of para-hydroxylation sites is 1. The molecule has 6 nitrogen and oxygen atoms in total. The number of nitrogens with one attached hydrogen (secondary N) is 2. The van der Waals surface area contributed by atoms with Gasteiger partial charge in [-0.05, 0) is 50.2 Å². The molecule has 0 saturated carbocycles. The van der Waals surface area contributed by atoms with Gasteiger partial charge < -0.3 is 14.6 Å². The standard InChI is InChI=1S/C22H23ClN4O2/c1-15-11-17(13-25-26-22(28)14-24-19-7-5-4-6-8-19)16(2)27(15)20-12-18(23)9-10-21(20)29-3/h4-13,24H,14H2,1-3H3,(H,26,28)/b25-13-. The zero-order chi connectivity index (χ0) is 20.8. The van der Waals surface area contributed by atoms with Crippen molar-refractivity contribution in [2.45, 2.75) is 13.8 Å². The van der Waals surface area contributed by atoms with Gasteiger partial charge in [-0.2, -0.15) is 5.10 Å². The highest BCUT2D eigenvalue weighted by atomic mass is 35.5. The van der Waals surface area contributed by atoms with Gasteiger partial charge in [-0.3, -0.25) is 4.79 Å². The Labute approximate surface area is 175 Å². The van der Waals surface area contributed by atoms with Gasteiger partial charge in [0.2, 0.25) is 0 Å². The van der Waals surface area contributed by atoms with Crippen LogP contribution in [0.25, 0.3) is 5.69 Å². The number of hydrazone groups is 1. The SMILES string of the molecule is COc1ccc(Cl)cc1-n1c(C)cc(/C=N\NC(=O)CNc2ccccc2)c1C. The smallest absolute Gasteiger partial charge is 0.259 e. The van der Waals surface area contributed by atoms with Gasteiger partial charge in [0.1, 0.15) is 5.75 Å². The summed E-state index contributed by atoms with van der Waals surface area (Å²) < 4.78 is 7.52. The first kappa shape index (κ1) is 20.5. The number of carbonyl (C=O) groups is 1. The van der Waals surface area contributed by atoms with E-state index in [9.17, 15) is 4.79 Å². The molecule has 0 radical (unpaired) electrons. The Hall–Kier alpha value is -3.25. The van der Waals surface area contributed by atoms with Crippen molar-refractivity contribution in [3.05, 3.63) is 76.6 Å². The number of aromatic nitrogens is 1. The molecule has 0 spiro atoms. The molecule has 1 heterocycles. The van der Waals surface area contributed by atoms with Gasteiger partial charge in [0.15, 0.2) is 0 Å². The molecule has 0 aliphatic rings. The summed E-state index contributed by atoms with van der Waals surface area (Å²) in [5.41, 5.74) is 7.13. The van der Waals surface area contributed by atoms with Crippen molar-refractivity contribution < 1.29 is 9.53 Å². The fourth-order valence-electron chi connectivity index (χ4n) is 3.08. The maximum absolute atomic E-state index is 12.0. The second-order valence-electron chi connectivity index (χ2n) is 6.49. The third-order valence-electron chi connectivity index (χ3n) is 4.47. The summed E-state index contributed by atoms with van der Waals surface area (Å²) in [6.07, 6.45) is 1.64. The molecule has 2 aromatic carbocycles. The van der Waals surface area contributed by atoms with Gasteiger partial charge in [-0.15, -0.1) is 0 Å². The molecule has 1 amide bonds. The van der Waals surface area contributed by atoms with Crippen LogP contribution in [0, 0.1) is 13.8 Å². The van der Waals surface area contributed by atoms with Crippen molar-refractivity contribution in [1.29, 1.82) is 0 Å². The second-order valence-corrected chi connectivity index (χ2v) is 6.93. The number of benzene rings is 2. The number of carbonyl (C=O) groups excluding carboxylic acids is 1. The number of amides is 1. The lowest BCUT2D eigenvalue weighted by Crippen LogP contribution is -2.25. The van der Waals surface area contributed by atoms with Gasteiger partial charge in [-0.1, -0.05) is 29.8 Å². The van der Waals surface area contributed by atoms with Crippen molar-refractivity contribution in [2.75, 3.05) is 19.0 Å². The molecule has 2 N–H and O–H groups in total. The summed E-state index contributed by atoms with van der Waals surface area (Å²) in [6, 6.07) is 17.0. The lowest BCUT2D eigenvalue weighted by Gasteiger charge is -2.14. The van der Waals surface area contributed by atoms with Crippen LogP contribution in [0.4, 0.5) is 5.69 Å². The van der Waals surface area contributed by atoms with Gasteiger partial charge in [-0.25, -0.2) is 5.43 Å². The highest BCUT2D eigenvalue weighted by Gasteiger charge is 2.14. The fourth-order valence-corrected chi connectivity index (χ4v) is 3.24. The highest BCUT2D eigenvalue weighted by molar-refractivity contribution is 6.30. The molecule has 29 heavy (non-hydrogen) atoms. The first-order valence-corrected chi connectivity index (χ1v) is 9.51. The average molecular weight is 411 g/mol. The molecule has 0 unspecified atom stereocenters. The monoisotopic (exact) mass is 410 g/mol. The van der Waals surface area contributed by atoms with Crippen LogP contribution in [0.5, 0.6) is 5.75 Å². The van der Waals surface area contributed by atoms with E-state index in [1.807, 2.05) is 66.9 Å². The number of ether oxygens (including phenoxy) is 1. The predicted octanol–water partition coefficient (Wildman–Crippen LogP) is 4.32. The first-order valence-electron chi connectivity index (χ1n) is 9.13. The normalized spacial score (nSPS) is 10.9. The number of anilines is 1. The van der Waals surface area contributed by atoms with Crippen molar-refractivity contribution in [1.82, 2.24) is 9.99 Å². The van der Waals surface area contributed by atoms with Crippen LogP contribution in [-0.2, 0) is 4.79 Å². The van der Waals surface area contributed by atoms with E-state index in [4.69, 9.17) is 16.3 Å². The van der Waals surface area contributed by atoms with Crippen LogP contribution in [0.15, 0.2) is 59.7 Å². The summed E-state index contributed by atoms with van der Waals surface area (Å²) in [6.45, 7) is 4.11. The van der Waals surface area contributed by atoms with Crippen LogP contribution in [-0.4, -0.2) is 30.3 Å². The molecular formula is C22H23ClN4O2. The maximum Gasteiger partial charge on any atom is 0.259 e. The molecule has 3 aromatic rings. The number of halogens is 1. The van der Waals surface area contributed by atoms with Crippen molar-refractivity contribution in [2.24, 2.45) is 5.10 Å². The van der Waals surface area contributed by atoms with Gasteiger partial charge in [0.05, 0.1) is 25.6 Å². The average Bonchev–Trinajstić information content (AvgIpc) is 3.00. The van der Waals surface area contributed by atoms with Crippen molar-refractivity contribution in [3.8, 4) is 11.4 Å². The highest BCUT2D eigenvalue weighted by Crippen LogP contribution is 2.30. The van der Waals surface area contributed by atoms with Crippen LogP contribution in [0.1, 0.15) is 17.0 Å². The van der Waals surface area contributed by atoms with Crippen LogP contribution in [0.2, 0.25) is 5.02 Å². The number of hydrogen-bond acceptors (Lipinski definition) is 4. The van der Waals surface area contributed by atoms with Gasteiger partial charge in [0, 0.05) is 27.7 Å². The van der Waals surface area contributed by atoms with E-state index in [0.29, 0.717) is 5.02 Å². The Balaban J connectivity index is 1.70. The Morgan fingerprint density at radius 3 is 2.66 bits per heavy atom. The molecular weight excluding hydrogens is 388 g/mol. The summed E-state index contributed by atoms with van der Waals surface area (Å²) in [7, 11) is 1.63. The second kappa shape index (κ2) is 9.30. The number of methoxy groups -OCH3 is 1. The summed E-state index contributed by atoms with van der Waals surface area (Å²) >= 11 is 6.18. The molecule has 150 valence electrons. The molecule has 0 fully saturated rings. The third kappa shape index (κ3) is 4.97. The Morgan fingerprint density at radius 2 is 1.93 bits per heavy atom. The van der Waals surface area contributed by atoms with Crippen molar-refractivity contribution >= 4 is 29.4 Å². The molecule has 1 aromatic heterocycles. The van der Waals surface area contributed by atoms with Gasteiger partial charge >= 0.3 is 0 Å². The van der Waals surface area contributed by atoms with E-state index in [0.717, 1.165) is 34.1 Å². The minimum absolute atomic E-state index is 0.139. The largest absolute Gasteiger partial charge is 0.495 e. The lowest BCUT2D eigenvalue weighted by molar-refractivity contribution is -0.119. The zero-order valence-corrected chi connectivity index (χ0v) is 17.3. The van der Waals surface area contributed by atoms with Crippen LogP contribution >= 0.6 is 11.6 Å². The third-order valence-corrected chi connectivity index (χ3v) is 4.71. The Kier molecular flexibility index (Phi) is 6.57. The van der Waals surface area contributed by atoms with Gasteiger partial charge in [0.25, 0.3) is 5.91 Å². The van der Waals surface area contributed by atoms with Crippen molar-refractivity contribution in [3.63, 3.8) is 0 Å². The fraction of sp³-hybridized carbons (Fsp3) is 0.182. The molecule has 7 heteroatoms. The lowest BCUT2D eigenvalue weighted by atomic mass is 10.2. The van der Waals surface area contributed by atoms with E-state index in [-0.39, 0.29) is 12.5 Å². The number of rotatable bonds is 7. The first-order chi connectivity index (χ1) is 14.0. The van der Waals surface area contributed by atoms with E-state index in [2.05, 4.69) is 15.8 Å². The molecule has 0 saturated heterocycles. The Bertz CT molecular complexity index is 1030. The number of aryl methyl sites for hydroxylation is 1. The van der Waals surface area contributed by atoms with Crippen LogP contribution in [0.3, 0.4) is 0 Å². The summed E-state index contributed by atoms with van der Waals surface area (Å²) in [4.78, 5) is 12.0. The summed E-state index contributed by atoms with van der Waals surface area (Å²) in [5.74, 6) is 0.496. The topological polar surface area (TPSA) is 67.6 Å². The quantitative estimate of drug-likeness (QED) is 0.450. The molecule has 0 bridgehead atoms. The van der Waals surface area contributed by atoms with Crippen LogP contribution < -0.4 is 15.5 Å². The maximum atomic E-state index is 12.0. The summed E-state index contributed by atoms with van der Waals surface area (Å²) in [5, 5.41) is 7.75.